The number of nitrogens with one attached hydrogen (secondary N) is 1. The van der Waals surface area contributed by atoms with E-state index in [0.29, 0.717) is 24.2 Å². The van der Waals surface area contributed by atoms with Crippen LogP contribution in [0.25, 0.3) is 0 Å². The van der Waals surface area contributed by atoms with Crippen molar-refractivity contribution < 1.29 is 9.18 Å². The van der Waals surface area contributed by atoms with E-state index in [4.69, 9.17) is 0 Å². The largest absolute Gasteiger partial charge is 0.371 e. The van der Waals surface area contributed by atoms with Crippen molar-refractivity contribution in [3.63, 3.8) is 0 Å². The van der Waals surface area contributed by atoms with E-state index >= 15 is 0 Å². The van der Waals surface area contributed by atoms with Crippen LogP contribution in [0.4, 0.5) is 15.9 Å². The van der Waals surface area contributed by atoms with Gasteiger partial charge in [-0.2, -0.15) is 0 Å². The molecule has 2 aromatic rings. The van der Waals surface area contributed by atoms with Gasteiger partial charge < -0.3 is 10.2 Å². The Balaban J connectivity index is 0.000000880. The number of nitrogens with zero attached hydrogens (tertiary/aromatic N) is 2. The molecule has 25 heavy (non-hydrogen) atoms. The molecule has 3 heterocycles. The van der Waals surface area contributed by atoms with Gasteiger partial charge in [0.05, 0.1) is 5.41 Å². The third-order valence-corrected chi connectivity index (χ3v) is 5.13. The third-order valence-electron chi connectivity index (χ3n) is 5.13. The summed E-state index contributed by atoms with van der Waals surface area (Å²) in [5.41, 5.74) is 2.05. The molecule has 1 N–H and O–H groups in total. The van der Waals surface area contributed by atoms with Gasteiger partial charge in [-0.3, -0.25) is 4.79 Å². The zero-order chi connectivity index (χ0) is 18.0. The first-order chi connectivity index (χ1) is 12.1. The number of hydrogen-bond donors (Lipinski definition) is 1. The first-order valence-corrected chi connectivity index (χ1v) is 8.88. The van der Waals surface area contributed by atoms with Gasteiger partial charge in [0.2, 0.25) is 5.91 Å². The van der Waals surface area contributed by atoms with Crippen LogP contribution in [0.5, 0.6) is 0 Å². The Morgan fingerprint density at radius 3 is 2.60 bits per heavy atom. The molecule has 1 aromatic heterocycles. The molecule has 4 nitrogen and oxygen atoms in total. The molecule has 0 saturated carbocycles. The SMILES string of the molecule is CC.Cc1ccc(N2CCC3(CC2)C(=O)Nc2ncccc23)cc1F. The van der Waals surface area contributed by atoms with Crippen LogP contribution in [-0.2, 0) is 10.2 Å². The molecule has 132 valence electrons. The lowest BCUT2D eigenvalue weighted by atomic mass is 9.74. The molecule has 1 saturated heterocycles. The van der Waals surface area contributed by atoms with Crippen LogP contribution in [0.2, 0.25) is 0 Å². The molecular weight excluding hydrogens is 317 g/mol. The van der Waals surface area contributed by atoms with Crippen LogP contribution in [0.15, 0.2) is 36.5 Å². The van der Waals surface area contributed by atoms with Crippen molar-refractivity contribution >= 4 is 17.4 Å². The highest BCUT2D eigenvalue weighted by Crippen LogP contribution is 2.44. The number of rotatable bonds is 1. The first-order valence-electron chi connectivity index (χ1n) is 8.88. The predicted octanol–water partition coefficient (Wildman–Crippen LogP) is 4.05. The highest BCUT2D eigenvalue weighted by atomic mass is 19.1. The number of carbonyl (C=O) groups excluding carboxylic acids is 1. The van der Waals surface area contributed by atoms with Crippen molar-refractivity contribution in [3.05, 3.63) is 53.5 Å². The quantitative estimate of drug-likeness (QED) is 0.851. The van der Waals surface area contributed by atoms with E-state index in [2.05, 4.69) is 15.2 Å². The summed E-state index contributed by atoms with van der Waals surface area (Å²) in [6.45, 7) is 7.21. The molecule has 2 aliphatic rings. The average molecular weight is 341 g/mol. The number of aromatic nitrogens is 1. The normalized spacial score (nSPS) is 17.6. The lowest BCUT2D eigenvalue weighted by Gasteiger charge is -2.39. The lowest BCUT2D eigenvalue weighted by molar-refractivity contribution is -0.121. The molecular formula is C20H24FN3O. The molecule has 1 aromatic carbocycles. The van der Waals surface area contributed by atoms with E-state index < -0.39 is 5.41 Å². The fourth-order valence-electron chi connectivity index (χ4n) is 3.66. The summed E-state index contributed by atoms with van der Waals surface area (Å²) in [6.07, 6.45) is 3.13. The topological polar surface area (TPSA) is 45.2 Å². The monoisotopic (exact) mass is 341 g/mol. The Morgan fingerprint density at radius 1 is 1.20 bits per heavy atom. The van der Waals surface area contributed by atoms with Crippen molar-refractivity contribution in [1.82, 2.24) is 4.98 Å². The zero-order valence-corrected chi connectivity index (χ0v) is 15.0. The van der Waals surface area contributed by atoms with Crippen molar-refractivity contribution in [2.45, 2.75) is 39.0 Å². The number of pyridine rings is 1. The molecule has 0 radical (unpaired) electrons. The van der Waals surface area contributed by atoms with Gasteiger partial charge in [0.25, 0.3) is 0 Å². The predicted molar refractivity (Wildman–Crippen MR) is 98.5 cm³/mol. The Labute approximate surface area is 148 Å². The number of fused-ring (bicyclic) bond motifs is 2. The molecule has 0 bridgehead atoms. The van der Waals surface area contributed by atoms with Gasteiger partial charge in [0, 0.05) is 30.5 Å². The average Bonchev–Trinajstić information content (AvgIpc) is 2.92. The highest BCUT2D eigenvalue weighted by molar-refractivity contribution is 6.05. The van der Waals surface area contributed by atoms with Crippen LogP contribution in [0.1, 0.15) is 37.8 Å². The van der Waals surface area contributed by atoms with Crippen molar-refractivity contribution in [2.75, 3.05) is 23.3 Å². The first kappa shape index (κ1) is 17.4. The van der Waals surface area contributed by atoms with Gasteiger partial charge >= 0.3 is 0 Å². The number of aryl methyl sites for hydroxylation is 1. The number of hydrogen-bond acceptors (Lipinski definition) is 3. The number of anilines is 2. The van der Waals surface area contributed by atoms with Gasteiger partial charge in [-0.25, -0.2) is 9.37 Å². The van der Waals surface area contributed by atoms with Crippen LogP contribution in [0.3, 0.4) is 0 Å². The summed E-state index contributed by atoms with van der Waals surface area (Å²) < 4.78 is 13.8. The number of halogens is 1. The lowest BCUT2D eigenvalue weighted by Crippen LogP contribution is -2.46. The molecule has 5 heteroatoms. The van der Waals surface area contributed by atoms with Crippen LogP contribution >= 0.6 is 0 Å². The third kappa shape index (κ3) is 2.88. The second kappa shape index (κ2) is 6.82. The summed E-state index contributed by atoms with van der Waals surface area (Å²) in [5.74, 6) is 0.546. The second-order valence-electron chi connectivity index (χ2n) is 6.36. The summed E-state index contributed by atoms with van der Waals surface area (Å²) in [6, 6.07) is 9.19. The van der Waals surface area contributed by atoms with Crippen molar-refractivity contribution in [1.29, 1.82) is 0 Å². The van der Waals surface area contributed by atoms with E-state index in [-0.39, 0.29) is 11.7 Å². The molecule has 1 spiro atoms. The minimum absolute atomic E-state index is 0.0425. The summed E-state index contributed by atoms with van der Waals surface area (Å²) in [7, 11) is 0. The molecule has 1 amide bonds. The minimum Gasteiger partial charge on any atom is -0.371 e. The minimum atomic E-state index is -0.483. The van der Waals surface area contributed by atoms with Gasteiger partial charge in [-0.1, -0.05) is 26.0 Å². The van der Waals surface area contributed by atoms with Crippen LogP contribution in [0, 0.1) is 12.7 Å². The standard InChI is InChI=1S/C18H18FN3O.C2H6/c1-12-4-5-13(11-15(12)19)22-9-6-18(7-10-22)14-3-2-8-20-16(14)21-17(18)23;1-2/h2-5,8,11H,6-7,9-10H2,1H3,(H,20,21,23);1-2H3. The number of benzene rings is 1. The number of carbonyl (C=O) groups is 1. The van der Waals surface area contributed by atoms with Gasteiger partial charge in [0.1, 0.15) is 11.6 Å². The summed E-state index contributed by atoms with van der Waals surface area (Å²) in [4.78, 5) is 18.9. The Hall–Kier alpha value is -2.43. The van der Waals surface area contributed by atoms with Crippen molar-refractivity contribution in [3.8, 4) is 0 Å². The fourth-order valence-corrected chi connectivity index (χ4v) is 3.66. The maximum Gasteiger partial charge on any atom is 0.236 e. The van der Waals surface area contributed by atoms with Gasteiger partial charge in [-0.15, -0.1) is 0 Å². The van der Waals surface area contributed by atoms with Crippen molar-refractivity contribution in [2.24, 2.45) is 0 Å². The summed E-state index contributed by atoms with van der Waals surface area (Å²) >= 11 is 0. The summed E-state index contributed by atoms with van der Waals surface area (Å²) in [5, 5.41) is 2.90. The van der Waals surface area contributed by atoms with Gasteiger partial charge in [0.15, 0.2) is 0 Å². The maximum atomic E-state index is 13.8. The molecule has 0 unspecified atom stereocenters. The molecule has 2 aliphatic heterocycles. The smallest absolute Gasteiger partial charge is 0.236 e. The Bertz CT molecular complexity index is 782. The van der Waals surface area contributed by atoms with E-state index in [9.17, 15) is 9.18 Å². The second-order valence-corrected chi connectivity index (χ2v) is 6.36. The van der Waals surface area contributed by atoms with Crippen LogP contribution in [-0.4, -0.2) is 24.0 Å². The van der Waals surface area contributed by atoms with Crippen LogP contribution < -0.4 is 10.2 Å². The maximum absolute atomic E-state index is 13.8. The zero-order valence-electron chi connectivity index (χ0n) is 15.0. The van der Waals surface area contributed by atoms with E-state index in [0.717, 1.165) is 24.3 Å². The van der Waals surface area contributed by atoms with Gasteiger partial charge in [-0.05, 0) is 43.5 Å². The van der Waals surface area contributed by atoms with E-state index in [1.54, 1.807) is 25.3 Å². The fraction of sp³-hybridized carbons (Fsp3) is 0.400. The highest BCUT2D eigenvalue weighted by Gasteiger charge is 2.48. The molecule has 0 atom stereocenters. The Morgan fingerprint density at radius 2 is 1.92 bits per heavy atom. The number of amides is 1. The molecule has 0 aliphatic carbocycles. The van der Waals surface area contributed by atoms with E-state index in [1.165, 1.54) is 0 Å². The van der Waals surface area contributed by atoms with E-state index in [1.807, 2.05) is 32.0 Å². The molecule has 1 fully saturated rings. The number of piperidine rings is 1. The Kier molecular flexibility index (Phi) is 4.75. The molecule has 4 rings (SSSR count).